The molecule has 1 N–H and O–H groups in total. The molecule has 144 valence electrons. The van der Waals surface area contributed by atoms with Gasteiger partial charge in [0.25, 0.3) is 0 Å². The molecular weight excluding hydrogens is 397 g/mol. The fourth-order valence-electron chi connectivity index (χ4n) is 1.99. The van der Waals surface area contributed by atoms with E-state index in [1.165, 1.54) is 0 Å². The fraction of sp³-hybridized carbons (Fsp3) is 0.263. The van der Waals surface area contributed by atoms with Crippen molar-refractivity contribution in [2.75, 3.05) is 20.8 Å². The van der Waals surface area contributed by atoms with Gasteiger partial charge < -0.3 is 5.11 Å². The first-order valence-corrected chi connectivity index (χ1v) is 11.2. The summed E-state index contributed by atoms with van der Waals surface area (Å²) in [4.78, 5) is 5.05. The van der Waals surface area contributed by atoms with Crippen molar-refractivity contribution in [2.45, 2.75) is 17.9 Å². The molecule has 3 aromatic rings. The Morgan fingerprint density at radius 1 is 1.19 bits per heavy atom. The lowest BCUT2D eigenvalue weighted by molar-refractivity contribution is 0.282. The van der Waals surface area contributed by atoms with E-state index in [0.29, 0.717) is 6.42 Å². The van der Waals surface area contributed by atoms with Crippen LogP contribution in [-0.2, 0) is 24.0 Å². The summed E-state index contributed by atoms with van der Waals surface area (Å²) in [6, 6.07) is 17.1. The van der Waals surface area contributed by atoms with Crippen molar-refractivity contribution in [3.63, 3.8) is 0 Å². The van der Waals surface area contributed by atoms with E-state index in [2.05, 4.69) is 20.3 Å². The van der Waals surface area contributed by atoms with Gasteiger partial charge >= 0.3 is 0 Å². The van der Waals surface area contributed by atoms with E-state index in [4.69, 9.17) is 10.4 Å². The molecule has 1 heterocycles. The molecule has 0 radical (unpaired) electrons. The third kappa shape index (κ3) is 7.45. The van der Waals surface area contributed by atoms with E-state index in [9.17, 15) is 4.21 Å². The summed E-state index contributed by atoms with van der Waals surface area (Å²) in [6.45, 7) is 1.94. The molecule has 0 saturated heterocycles. The average molecular weight is 422 g/mol. The summed E-state index contributed by atoms with van der Waals surface area (Å²) in [5.74, 6) is 0. The molecule has 0 amide bonds. The van der Waals surface area contributed by atoms with Crippen LogP contribution in [0.15, 0.2) is 53.4 Å². The molecule has 5 nitrogen and oxygen atoms in total. The van der Waals surface area contributed by atoms with Gasteiger partial charge in [-0.1, -0.05) is 30.9 Å². The van der Waals surface area contributed by atoms with Gasteiger partial charge in [0.15, 0.2) is 0 Å². The second kappa shape index (κ2) is 12.7. The minimum absolute atomic E-state index is 0.0227. The Bertz CT molecular complexity index is 857. The number of fused-ring (bicyclic) bond motifs is 1. The van der Waals surface area contributed by atoms with Crippen LogP contribution in [0.1, 0.15) is 10.6 Å². The molecule has 27 heavy (non-hydrogen) atoms. The first-order valence-electron chi connectivity index (χ1n) is 8.13. The summed E-state index contributed by atoms with van der Waals surface area (Å²) in [7, 11) is 4.84. The van der Waals surface area contributed by atoms with Crippen LogP contribution in [-0.4, -0.2) is 39.4 Å². The number of nitrogens with zero attached hydrogens (tertiary/aromatic N) is 3. The van der Waals surface area contributed by atoms with E-state index in [1.807, 2.05) is 30.9 Å². The number of benzene rings is 2. The van der Waals surface area contributed by atoms with Crippen LogP contribution < -0.4 is 0 Å². The Hall–Kier alpha value is -1.68. The van der Waals surface area contributed by atoms with Gasteiger partial charge in [-0.25, -0.2) is 13.5 Å². The number of rotatable bonds is 4. The van der Waals surface area contributed by atoms with Crippen molar-refractivity contribution in [3.8, 4) is 6.07 Å². The number of nitriles is 1. The standard InChI is InChI=1S/C9H6N2S.C9H13NO2S.CH5P/c10-6-5-9-11-7-3-1-2-4-8(7)12-9;1-10(2)13(12)9-5-3-8(7-11)4-6-9;1-2/h1-4H,5H2;3-6,11H,7H2,1-2H3;2H2,1H3. The number of thiazole rings is 1. The first kappa shape index (κ1) is 23.4. The molecule has 0 spiro atoms. The Labute approximate surface area is 169 Å². The number of para-hydroxylation sites is 1. The SMILES string of the molecule is CN(C)S(=O)c1ccc(CO)cc1.CP.N#CCc1nc2ccccc2s1. The molecule has 2 atom stereocenters. The number of hydrogen-bond donors (Lipinski definition) is 1. The zero-order chi connectivity index (χ0) is 20.2. The lowest BCUT2D eigenvalue weighted by Gasteiger charge is -2.08. The number of hydrogen-bond acceptors (Lipinski definition) is 5. The van der Waals surface area contributed by atoms with Crippen molar-refractivity contribution in [1.82, 2.24) is 9.29 Å². The molecular formula is C19H24N3O2PS2. The van der Waals surface area contributed by atoms with Gasteiger partial charge in [0, 0.05) is 0 Å². The van der Waals surface area contributed by atoms with Gasteiger partial charge in [0.2, 0.25) is 0 Å². The predicted molar refractivity (Wildman–Crippen MR) is 117 cm³/mol. The van der Waals surface area contributed by atoms with Crippen molar-refractivity contribution in [1.29, 1.82) is 5.26 Å². The molecule has 0 bridgehead atoms. The highest BCUT2D eigenvalue weighted by Gasteiger charge is 2.05. The smallest absolute Gasteiger partial charge is 0.127 e. The van der Waals surface area contributed by atoms with E-state index in [1.54, 1.807) is 54.0 Å². The number of aromatic nitrogens is 1. The highest BCUT2D eigenvalue weighted by Crippen LogP contribution is 2.21. The van der Waals surface area contributed by atoms with Gasteiger partial charge in [-0.2, -0.15) is 5.26 Å². The molecule has 2 unspecified atom stereocenters. The highest BCUT2D eigenvalue weighted by atomic mass is 32.2. The van der Waals surface area contributed by atoms with Gasteiger partial charge in [-0.3, -0.25) is 0 Å². The fourth-order valence-corrected chi connectivity index (χ4v) is 3.68. The molecule has 0 aliphatic heterocycles. The van der Waals surface area contributed by atoms with Crippen LogP contribution in [0.5, 0.6) is 0 Å². The van der Waals surface area contributed by atoms with Crippen molar-refractivity contribution in [3.05, 3.63) is 59.1 Å². The molecule has 3 rings (SSSR count). The predicted octanol–water partition coefficient (Wildman–Crippen LogP) is 3.62. The summed E-state index contributed by atoms with van der Waals surface area (Å²) in [6.07, 6.45) is 0.416. The minimum atomic E-state index is -1.09. The molecule has 0 aliphatic rings. The third-order valence-corrected chi connectivity index (χ3v) is 5.58. The number of aliphatic hydroxyl groups is 1. The largest absolute Gasteiger partial charge is 0.392 e. The van der Waals surface area contributed by atoms with Crippen LogP contribution in [0.4, 0.5) is 0 Å². The van der Waals surface area contributed by atoms with Crippen LogP contribution in [0.3, 0.4) is 0 Å². The van der Waals surface area contributed by atoms with Crippen molar-refractivity contribution < 1.29 is 9.32 Å². The molecule has 2 aromatic carbocycles. The Balaban J connectivity index is 0.000000248. The zero-order valence-corrected chi connectivity index (χ0v) is 18.4. The second-order valence-corrected chi connectivity index (χ2v) is 8.09. The topological polar surface area (TPSA) is 77.2 Å². The first-order chi connectivity index (χ1) is 13.0. The second-order valence-electron chi connectivity index (χ2n) is 5.27. The Kier molecular flexibility index (Phi) is 11.0. The van der Waals surface area contributed by atoms with E-state index in [0.717, 1.165) is 25.7 Å². The normalized spacial score (nSPS) is 11.0. The summed E-state index contributed by atoms with van der Waals surface area (Å²) in [5.41, 5.74) is 1.83. The molecule has 0 saturated carbocycles. The lowest BCUT2D eigenvalue weighted by Crippen LogP contribution is -2.15. The highest BCUT2D eigenvalue weighted by molar-refractivity contribution is 7.82. The van der Waals surface area contributed by atoms with Crippen molar-refractivity contribution >= 4 is 41.8 Å². The van der Waals surface area contributed by atoms with E-state index in [-0.39, 0.29) is 6.61 Å². The van der Waals surface area contributed by atoms with Crippen molar-refractivity contribution in [2.24, 2.45) is 0 Å². The van der Waals surface area contributed by atoms with Gasteiger partial charge in [-0.15, -0.1) is 20.6 Å². The quantitative estimate of drug-likeness (QED) is 0.653. The Morgan fingerprint density at radius 2 is 1.81 bits per heavy atom. The maximum atomic E-state index is 11.5. The monoisotopic (exact) mass is 421 g/mol. The molecule has 0 aliphatic carbocycles. The van der Waals surface area contributed by atoms with Gasteiger partial charge in [-0.05, 0) is 43.9 Å². The lowest BCUT2D eigenvalue weighted by atomic mass is 10.2. The molecule has 8 heteroatoms. The maximum Gasteiger partial charge on any atom is 0.127 e. The summed E-state index contributed by atoms with van der Waals surface area (Å²) >= 11 is 1.59. The minimum Gasteiger partial charge on any atom is -0.392 e. The zero-order valence-electron chi connectivity index (χ0n) is 15.6. The number of aliphatic hydroxyl groups excluding tert-OH is 1. The molecule has 1 aromatic heterocycles. The van der Waals surface area contributed by atoms with Gasteiger partial charge in [0.1, 0.15) is 16.0 Å². The van der Waals surface area contributed by atoms with Crippen LogP contribution in [0.25, 0.3) is 10.2 Å². The molecule has 0 fully saturated rings. The van der Waals surface area contributed by atoms with Crippen LogP contribution >= 0.6 is 20.6 Å². The van der Waals surface area contributed by atoms with Gasteiger partial charge in [0.05, 0.1) is 34.2 Å². The van der Waals surface area contributed by atoms with E-state index >= 15 is 0 Å². The summed E-state index contributed by atoms with van der Waals surface area (Å²) < 4.78 is 14.3. The third-order valence-electron chi connectivity index (χ3n) is 3.21. The maximum absolute atomic E-state index is 11.5. The van der Waals surface area contributed by atoms with Crippen LogP contribution in [0.2, 0.25) is 0 Å². The average Bonchev–Trinajstić information content (AvgIpc) is 3.12. The van der Waals surface area contributed by atoms with E-state index < -0.39 is 11.0 Å². The summed E-state index contributed by atoms with van der Waals surface area (Å²) in [5, 5.41) is 18.2. The Morgan fingerprint density at radius 3 is 2.33 bits per heavy atom. The van der Waals surface area contributed by atoms with Crippen LogP contribution in [0, 0.1) is 11.3 Å².